The molecule has 1 N–H and O–H groups in total. The maximum Gasteiger partial charge on any atom is 0.349 e. The van der Waals surface area contributed by atoms with E-state index in [1.807, 2.05) is 0 Å². The van der Waals surface area contributed by atoms with Crippen molar-refractivity contribution in [2.75, 3.05) is 6.61 Å². The van der Waals surface area contributed by atoms with E-state index in [0.29, 0.717) is 12.3 Å². The van der Waals surface area contributed by atoms with Crippen molar-refractivity contribution < 1.29 is 19.4 Å². The molecule has 0 aromatic carbocycles. The molecule has 7 heteroatoms. The molecule has 16 heavy (non-hydrogen) atoms. The Labute approximate surface area is 96.4 Å². The first-order valence-electron chi connectivity index (χ1n) is 5.05. The first kappa shape index (κ1) is 11.4. The van der Waals surface area contributed by atoms with Gasteiger partial charge in [0.05, 0.1) is 6.61 Å². The fraction of sp³-hybridized carbons (Fsp3) is 0.667. The van der Waals surface area contributed by atoms with Crippen molar-refractivity contribution in [2.45, 2.75) is 32.2 Å². The van der Waals surface area contributed by atoms with Crippen LogP contribution in [0.3, 0.4) is 0 Å². The molecule has 2 rings (SSSR count). The summed E-state index contributed by atoms with van der Waals surface area (Å²) in [6, 6.07) is 0. The monoisotopic (exact) mass is 244 g/mol. The molecule has 1 aliphatic heterocycles. The average molecular weight is 244 g/mol. The van der Waals surface area contributed by atoms with Crippen LogP contribution in [0.5, 0.6) is 0 Å². The van der Waals surface area contributed by atoms with E-state index in [9.17, 15) is 4.79 Å². The zero-order valence-corrected chi connectivity index (χ0v) is 9.40. The van der Waals surface area contributed by atoms with Crippen LogP contribution in [0, 0.1) is 0 Å². The number of ether oxygens (including phenoxy) is 2. The number of carboxylic acids is 1. The lowest BCUT2D eigenvalue weighted by Gasteiger charge is -2.22. The first-order chi connectivity index (χ1) is 7.77. The van der Waals surface area contributed by atoms with Crippen LogP contribution < -0.4 is 0 Å². The molecule has 1 aromatic heterocycles. The van der Waals surface area contributed by atoms with Gasteiger partial charge in [-0.05, 0) is 30.8 Å². The van der Waals surface area contributed by atoms with E-state index in [1.165, 1.54) is 0 Å². The molecular formula is C9H12N2O4S. The number of rotatable bonds is 4. The highest BCUT2D eigenvalue weighted by atomic mass is 32.1. The van der Waals surface area contributed by atoms with E-state index in [1.54, 1.807) is 0 Å². The molecule has 0 saturated carbocycles. The fourth-order valence-corrected chi connectivity index (χ4v) is 1.98. The second kappa shape index (κ2) is 5.33. The maximum atomic E-state index is 10.8. The molecule has 1 aromatic rings. The highest BCUT2D eigenvalue weighted by molar-refractivity contribution is 7.07. The molecular weight excluding hydrogens is 232 g/mol. The lowest BCUT2D eigenvalue weighted by molar-refractivity contribution is -0.169. The smallest absolute Gasteiger partial charge is 0.349 e. The Balaban J connectivity index is 1.88. The van der Waals surface area contributed by atoms with Crippen molar-refractivity contribution in [3.05, 3.63) is 10.6 Å². The summed E-state index contributed by atoms with van der Waals surface area (Å²) in [5, 5.41) is 12.6. The molecule has 0 spiro atoms. The first-order valence-corrected chi connectivity index (χ1v) is 5.82. The van der Waals surface area contributed by atoms with E-state index < -0.39 is 5.97 Å². The summed E-state index contributed by atoms with van der Waals surface area (Å²) in [5.41, 5.74) is 0.367. The van der Waals surface area contributed by atoms with Crippen LogP contribution in [0.1, 0.15) is 34.6 Å². The molecule has 1 unspecified atom stereocenters. The predicted octanol–water partition coefficient (Wildman–Crippen LogP) is 1.28. The van der Waals surface area contributed by atoms with Crippen LogP contribution >= 0.6 is 11.5 Å². The minimum Gasteiger partial charge on any atom is -0.477 e. The lowest BCUT2D eigenvalue weighted by atomic mass is 10.2. The van der Waals surface area contributed by atoms with Gasteiger partial charge in [0.15, 0.2) is 11.2 Å². The summed E-state index contributed by atoms with van der Waals surface area (Å²) in [6.07, 6.45) is 2.74. The van der Waals surface area contributed by atoms with Crippen molar-refractivity contribution in [3.8, 4) is 0 Å². The zero-order chi connectivity index (χ0) is 11.4. The van der Waals surface area contributed by atoms with E-state index >= 15 is 0 Å². The van der Waals surface area contributed by atoms with Gasteiger partial charge in [-0.3, -0.25) is 0 Å². The second-order valence-electron chi connectivity index (χ2n) is 3.46. The minimum atomic E-state index is -1.02. The Morgan fingerprint density at radius 1 is 1.62 bits per heavy atom. The van der Waals surface area contributed by atoms with Gasteiger partial charge in [0.2, 0.25) is 0 Å². The molecule has 1 saturated heterocycles. The standard InChI is InChI=1S/C9H12N2O4S/c12-9(13)8-6(10-11-16-8)5-15-7-3-1-2-4-14-7/h7H,1-5H2,(H,12,13). The number of carboxylic acid groups (broad SMARTS) is 1. The summed E-state index contributed by atoms with van der Waals surface area (Å²) in [4.78, 5) is 10.9. The normalized spacial score (nSPS) is 20.9. The molecule has 1 atom stereocenters. The molecule has 0 aliphatic carbocycles. The van der Waals surface area contributed by atoms with Crippen LogP contribution in [0.4, 0.5) is 0 Å². The second-order valence-corrected chi connectivity index (χ2v) is 4.22. The molecule has 0 radical (unpaired) electrons. The van der Waals surface area contributed by atoms with Crippen molar-refractivity contribution in [3.63, 3.8) is 0 Å². The Morgan fingerprint density at radius 2 is 2.50 bits per heavy atom. The van der Waals surface area contributed by atoms with Crippen LogP contribution in [0.15, 0.2) is 0 Å². The SMILES string of the molecule is O=C(O)c1snnc1COC1CCCCO1. The molecule has 2 heterocycles. The summed E-state index contributed by atoms with van der Waals surface area (Å²) >= 11 is 0.863. The average Bonchev–Trinajstić information content (AvgIpc) is 2.76. The molecule has 1 aliphatic rings. The third-order valence-corrected chi connectivity index (χ3v) is 3.05. The zero-order valence-electron chi connectivity index (χ0n) is 8.59. The third kappa shape index (κ3) is 2.75. The Bertz CT molecular complexity index is 362. The highest BCUT2D eigenvalue weighted by Crippen LogP contribution is 2.17. The summed E-state index contributed by atoms with van der Waals surface area (Å²) < 4.78 is 14.4. The lowest BCUT2D eigenvalue weighted by Crippen LogP contribution is -2.22. The number of aromatic nitrogens is 2. The van der Waals surface area contributed by atoms with Crippen LogP contribution in [-0.2, 0) is 16.1 Å². The van der Waals surface area contributed by atoms with E-state index in [4.69, 9.17) is 14.6 Å². The van der Waals surface area contributed by atoms with Gasteiger partial charge in [-0.1, -0.05) is 4.49 Å². The molecule has 0 amide bonds. The number of nitrogens with zero attached hydrogens (tertiary/aromatic N) is 2. The quantitative estimate of drug-likeness (QED) is 0.859. The van der Waals surface area contributed by atoms with Crippen LogP contribution in [0.2, 0.25) is 0 Å². The van der Waals surface area contributed by atoms with Crippen molar-refractivity contribution >= 4 is 17.5 Å². The number of carbonyl (C=O) groups is 1. The van der Waals surface area contributed by atoms with Gasteiger partial charge in [0, 0.05) is 6.61 Å². The molecule has 6 nitrogen and oxygen atoms in total. The van der Waals surface area contributed by atoms with Crippen LogP contribution in [-0.4, -0.2) is 33.6 Å². The molecule has 88 valence electrons. The highest BCUT2D eigenvalue weighted by Gasteiger charge is 2.19. The van der Waals surface area contributed by atoms with Gasteiger partial charge >= 0.3 is 5.97 Å². The Morgan fingerprint density at radius 3 is 3.19 bits per heavy atom. The number of hydrogen-bond donors (Lipinski definition) is 1. The Hall–Kier alpha value is -1.05. The van der Waals surface area contributed by atoms with Crippen LogP contribution in [0.25, 0.3) is 0 Å². The largest absolute Gasteiger partial charge is 0.477 e. The molecule has 0 bridgehead atoms. The van der Waals surface area contributed by atoms with Gasteiger partial charge in [-0.25, -0.2) is 4.79 Å². The van der Waals surface area contributed by atoms with E-state index in [2.05, 4.69) is 9.59 Å². The number of aromatic carboxylic acids is 1. The van der Waals surface area contributed by atoms with Gasteiger partial charge in [-0.15, -0.1) is 5.10 Å². The van der Waals surface area contributed by atoms with Crippen molar-refractivity contribution in [1.82, 2.24) is 9.59 Å². The predicted molar refractivity (Wildman–Crippen MR) is 55.2 cm³/mol. The van der Waals surface area contributed by atoms with Crippen molar-refractivity contribution in [1.29, 1.82) is 0 Å². The fourth-order valence-electron chi connectivity index (χ4n) is 1.48. The van der Waals surface area contributed by atoms with Gasteiger partial charge in [0.25, 0.3) is 0 Å². The topological polar surface area (TPSA) is 81.5 Å². The summed E-state index contributed by atoms with van der Waals surface area (Å²) in [6.45, 7) is 0.842. The van der Waals surface area contributed by atoms with E-state index in [-0.39, 0.29) is 17.8 Å². The van der Waals surface area contributed by atoms with Crippen molar-refractivity contribution in [2.24, 2.45) is 0 Å². The van der Waals surface area contributed by atoms with Gasteiger partial charge in [-0.2, -0.15) is 0 Å². The molecule has 1 fully saturated rings. The summed E-state index contributed by atoms with van der Waals surface area (Å²) in [7, 11) is 0. The van der Waals surface area contributed by atoms with Gasteiger partial charge < -0.3 is 14.6 Å². The maximum absolute atomic E-state index is 10.8. The minimum absolute atomic E-state index is 0.135. The summed E-state index contributed by atoms with van der Waals surface area (Å²) in [5.74, 6) is -1.02. The van der Waals surface area contributed by atoms with E-state index in [0.717, 1.165) is 30.8 Å². The third-order valence-electron chi connectivity index (χ3n) is 2.29. The van der Waals surface area contributed by atoms with Gasteiger partial charge in [0.1, 0.15) is 5.69 Å². The number of hydrogen-bond acceptors (Lipinski definition) is 6. The Kier molecular flexibility index (Phi) is 3.81.